The summed E-state index contributed by atoms with van der Waals surface area (Å²) in [5.74, 6) is -0.360. The van der Waals surface area contributed by atoms with Crippen LogP contribution in [0, 0.1) is 10.1 Å². The fourth-order valence-corrected chi connectivity index (χ4v) is 2.76. The molecule has 124 valence electrons. The smallest absolute Gasteiger partial charge is 0.308 e. The maximum atomic E-state index is 12.5. The van der Waals surface area contributed by atoms with Crippen LogP contribution in [0.2, 0.25) is 0 Å². The first-order chi connectivity index (χ1) is 11.5. The van der Waals surface area contributed by atoms with E-state index in [4.69, 9.17) is 4.74 Å². The Morgan fingerprint density at radius 2 is 1.79 bits per heavy atom. The third-order valence-electron chi connectivity index (χ3n) is 2.86. The SMILES string of the molecule is CC(=O)Oc1ccccc1C(=O)Sc1ccccc1CO[N+](=O)[O-]. The number of ether oxygens (including phenoxy) is 1. The Bertz CT molecular complexity index is 777. The molecule has 0 aliphatic heterocycles. The number of thioether (sulfide) groups is 1. The lowest BCUT2D eigenvalue weighted by Gasteiger charge is -2.10. The predicted molar refractivity (Wildman–Crippen MR) is 86.2 cm³/mol. The molecule has 0 saturated heterocycles. The summed E-state index contributed by atoms with van der Waals surface area (Å²) in [5.41, 5.74) is 0.750. The van der Waals surface area contributed by atoms with Crippen molar-refractivity contribution in [2.75, 3.05) is 0 Å². The average molecular weight is 347 g/mol. The Balaban J connectivity index is 2.21. The highest BCUT2D eigenvalue weighted by molar-refractivity contribution is 8.14. The van der Waals surface area contributed by atoms with Crippen molar-refractivity contribution in [1.29, 1.82) is 0 Å². The molecule has 0 saturated carbocycles. The molecule has 0 aliphatic rings. The Morgan fingerprint density at radius 1 is 1.12 bits per heavy atom. The van der Waals surface area contributed by atoms with Gasteiger partial charge in [-0.3, -0.25) is 9.59 Å². The van der Waals surface area contributed by atoms with Crippen molar-refractivity contribution in [3.63, 3.8) is 0 Å². The van der Waals surface area contributed by atoms with E-state index in [9.17, 15) is 19.7 Å². The largest absolute Gasteiger partial charge is 0.426 e. The number of benzene rings is 2. The molecule has 0 radical (unpaired) electrons. The first kappa shape index (κ1) is 17.5. The minimum Gasteiger partial charge on any atom is -0.426 e. The highest BCUT2D eigenvalue weighted by Crippen LogP contribution is 2.30. The summed E-state index contributed by atoms with van der Waals surface area (Å²) in [4.78, 5) is 38.9. The zero-order valence-corrected chi connectivity index (χ0v) is 13.4. The highest BCUT2D eigenvalue weighted by atomic mass is 32.2. The van der Waals surface area contributed by atoms with Gasteiger partial charge in [0.1, 0.15) is 12.4 Å². The van der Waals surface area contributed by atoms with Crippen molar-refractivity contribution in [1.82, 2.24) is 0 Å². The Kier molecular flexibility index (Phi) is 5.91. The van der Waals surface area contributed by atoms with Crippen LogP contribution >= 0.6 is 11.8 Å². The Hall–Kier alpha value is -2.87. The summed E-state index contributed by atoms with van der Waals surface area (Å²) in [6.45, 7) is 0.994. The summed E-state index contributed by atoms with van der Waals surface area (Å²) in [6, 6.07) is 13.1. The molecule has 0 unspecified atom stereocenters. The van der Waals surface area contributed by atoms with Crippen molar-refractivity contribution in [3.05, 3.63) is 69.8 Å². The summed E-state index contributed by atoms with van der Waals surface area (Å²) in [5, 5.41) is 9.10. The van der Waals surface area contributed by atoms with E-state index < -0.39 is 11.1 Å². The van der Waals surface area contributed by atoms with Gasteiger partial charge in [0.2, 0.25) is 5.12 Å². The molecule has 2 aromatic carbocycles. The molecule has 0 bridgehead atoms. The molecular weight excluding hydrogens is 334 g/mol. The fourth-order valence-electron chi connectivity index (χ4n) is 1.88. The van der Waals surface area contributed by atoms with E-state index in [0.717, 1.165) is 11.8 Å². The first-order valence-corrected chi connectivity index (χ1v) is 7.64. The van der Waals surface area contributed by atoms with Gasteiger partial charge in [-0.2, -0.15) is 0 Å². The number of carbonyl (C=O) groups is 2. The fraction of sp³-hybridized carbons (Fsp3) is 0.125. The van der Waals surface area contributed by atoms with E-state index in [-0.39, 0.29) is 23.0 Å². The third-order valence-corrected chi connectivity index (χ3v) is 3.88. The van der Waals surface area contributed by atoms with Crippen LogP contribution in [-0.4, -0.2) is 16.2 Å². The van der Waals surface area contributed by atoms with Crippen molar-refractivity contribution in [2.24, 2.45) is 0 Å². The van der Waals surface area contributed by atoms with Gasteiger partial charge < -0.3 is 9.57 Å². The summed E-state index contributed by atoms with van der Waals surface area (Å²) in [7, 11) is 0. The monoisotopic (exact) mass is 347 g/mol. The Morgan fingerprint density at radius 3 is 2.50 bits per heavy atom. The molecule has 24 heavy (non-hydrogen) atoms. The molecule has 0 atom stereocenters. The number of nitrogens with zero attached hydrogens (tertiary/aromatic N) is 1. The molecule has 0 N–H and O–H groups in total. The minimum absolute atomic E-state index is 0.168. The highest BCUT2D eigenvalue weighted by Gasteiger charge is 2.17. The van der Waals surface area contributed by atoms with Gasteiger partial charge in [0.05, 0.1) is 5.56 Å². The lowest BCUT2D eigenvalue weighted by Crippen LogP contribution is -2.06. The number of hydrogen-bond acceptors (Lipinski definition) is 7. The number of hydrogen-bond donors (Lipinski definition) is 0. The molecule has 7 nitrogen and oxygen atoms in total. The first-order valence-electron chi connectivity index (χ1n) is 6.82. The number of rotatable bonds is 6. The molecule has 0 spiro atoms. The average Bonchev–Trinajstić information content (AvgIpc) is 2.54. The van der Waals surface area contributed by atoms with Crippen LogP contribution < -0.4 is 4.74 Å². The minimum atomic E-state index is -0.890. The molecule has 8 heteroatoms. The van der Waals surface area contributed by atoms with Crippen LogP contribution in [0.25, 0.3) is 0 Å². The second-order valence-corrected chi connectivity index (χ2v) is 5.60. The van der Waals surface area contributed by atoms with E-state index in [1.807, 2.05) is 0 Å². The summed E-state index contributed by atoms with van der Waals surface area (Å²) < 4.78 is 5.03. The predicted octanol–water partition coefficient (Wildman–Crippen LogP) is 3.25. The van der Waals surface area contributed by atoms with Crippen molar-refractivity contribution in [3.8, 4) is 5.75 Å². The number of esters is 1. The summed E-state index contributed by atoms with van der Waals surface area (Å²) in [6.07, 6.45) is 0. The van der Waals surface area contributed by atoms with Gasteiger partial charge in [0, 0.05) is 11.8 Å². The maximum absolute atomic E-state index is 12.5. The summed E-state index contributed by atoms with van der Waals surface area (Å²) >= 11 is 0.883. The lowest BCUT2D eigenvalue weighted by atomic mass is 10.2. The van der Waals surface area contributed by atoms with Crippen molar-refractivity contribution >= 4 is 22.8 Å². The molecule has 2 rings (SSSR count). The van der Waals surface area contributed by atoms with Crippen LogP contribution in [0.15, 0.2) is 53.4 Å². The van der Waals surface area contributed by atoms with E-state index in [2.05, 4.69) is 4.84 Å². The van der Waals surface area contributed by atoms with E-state index in [1.165, 1.54) is 13.0 Å². The topological polar surface area (TPSA) is 95.7 Å². The van der Waals surface area contributed by atoms with Crippen LogP contribution in [0.3, 0.4) is 0 Å². The molecule has 0 fully saturated rings. The van der Waals surface area contributed by atoms with Crippen LogP contribution in [0.4, 0.5) is 0 Å². The van der Waals surface area contributed by atoms with Crippen LogP contribution in [0.1, 0.15) is 22.8 Å². The van der Waals surface area contributed by atoms with Gasteiger partial charge in [-0.25, -0.2) is 0 Å². The maximum Gasteiger partial charge on any atom is 0.308 e. The van der Waals surface area contributed by atoms with E-state index in [1.54, 1.807) is 42.5 Å². The van der Waals surface area contributed by atoms with Gasteiger partial charge in [0.25, 0.3) is 5.09 Å². The van der Waals surface area contributed by atoms with Crippen molar-refractivity contribution < 1.29 is 24.3 Å². The van der Waals surface area contributed by atoms with E-state index in [0.29, 0.717) is 10.5 Å². The number of para-hydroxylation sites is 1. The van der Waals surface area contributed by atoms with Gasteiger partial charge >= 0.3 is 5.97 Å². The lowest BCUT2D eigenvalue weighted by molar-refractivity contribution is -0.763. The molecule has 2 aromatic rings. The second-order valence-electron chi connectivity index (χ2n) is 4.58. The zero-order valence-electron chi connectivity index (χ0n) is 12.6. The Labute approximate surface area is 141 Å². The van der Waals surface area contributed by atoms with Gasteiger partial charge in [-0.1, -0.05) is 30.3 Å². The van der Waals surface area contributed by atoms with E-state index >= 15 is 0 Å². The molecule has 0 aromatic heterocycles. The molecule has 0 aliphatic carbocycles. The van der Waals surface area contributed by atoms with Gasteiger partial charge in [0.15, 0.2) is 0 Å². The van der Waals surface area contributed by atoms with Crippen LogP contribution in [0.5, 0.6) is 5.75 Å². The van der Waals surface area contributed by atoms with Crippen LogP contribution in [-0.2, 0) is 16.2 Å². The molecular formula is C16H13NO6S. The molecule has 0 heterocycles. The second kappa shape index (κ2) is 8.11. The molecule has 0 amide bonds. The zero-order chi connectivity index (χ0) is 17.5. The van der Waals surface area contributed by atoms with Gasteiger partial charge in [-0.05, 0) is 35.5 Å². The standard InChI is InChI=1S/C16H13NO6S/c1-11(18)23-14-8-4-3-7-13(14)16(19)24-15-9-5-2-6-12(15)10-22-17(20)21/h2-9H,10H2,1H3. The normalized spacial score (nSPS) is 10.0. The quantitative estimate of drug-likeness (QED) is 0.260. The van der Waals surface area contributed by atoms with Crippen molar-refractivity contribution in [2.45, 2.75) is 18.4 Å². The third kappa shape index (κ3) is 4.82. The van der Waals surface area contributed by atoms with Gasteiger partial charge in [-0.15, -0.1) is 10.1 Å². The number of carbonyl (C=O) groups excluding carboxylic acids is 2.